The van der Waals surface area contributed by atoms with Gasteiger partial charge in [0.25, 0.3) is 11.8 Å². The second kappa shape index (κ2) is 7.79. The van der Waals surface area contributed by atoms with Gasteiger partial charge in [0.05, 0.1) is 5.56 Å². The van der Waals surface area contributed by atoms with Crippen LogP contribution in [-0.2, 0) is 6.54 Å². The SMILES string of the molecule is Cc1ccc(C(=O)Nc2cc(C(=O)NCc3ccccc3)n[nH]2)c(Cl)n1. The standard InChI is InChI=1S/C18H16ClN5O2/c1-11-7-8-13(16(19)21-11)17(25)22-15-9-14(23-24-15)18(26)20-10-12-5-3-2-4-6-12/h2-9H,10H2,1H3,(H,20,26)(H2,22,23,24,25). The number of pyridine rings is 1. The number of nitrogens with zero attached hydrogens (tertiary/aromatic N) is 2. The Kier molecular flexibility index (Phi) is 5.28. The molecular formula is C18H16ClN5O2. The van der Waals surface area contributed by atoms with E-state index in [0.717, 1.165) is 5.56 Å². The lowest BCUT2D eigenvalue weighted by Crippen LogP contribution is -2.23. The third-order valence-corrected chi connectivity index (χ3v) is 3.88. The molecule has 0 atom stereocenters. The number of rotatable bonds is 5. The molecule has 7 nitrogen and oxygen atoms in total. The lowest BCUT2D eigenvalue weighted by atomic mass is 10.2. The van der Waals surface area contributed by atoms with Crippen LogP contribution in [0.3, 0.4) is 0 Å². The zero-order valence-electron chi connectivity index (χ0n) is 13.9. The number of carbonyl (C=O) groups is 2. The summed E-state index contributed by atoms with van der Waals surface area (Å²) in [4.78, 5) is 28.4. The van der Waals surface area contributed by atoms with Crippen molar-refractivity contribution in [3.05, 3.63) is 76.2 Å². The van der Waals surface area contributed by atoms with Crippen molar-refractivity contribution < 1.29 is 9.59 Å². The normalized spacial score (nSPS) is 10.4. The number of anilines is 1. The third-order valence-electron chi connectivity index (χ3n) is 3.59. The van der Waals surface area contributed by atoms with Crippen LogP contribution in [0, 0.1) is 6.92 Å². The second-order valence-corrected chi connectivity index (χ2v) is 5.94. The van der Waals surface area contributed by atoms with E-state index in [1.54, 1.807) is 19.1 Å². The van der Waals surface area contributed by atoms with Crippen LogP contribution in [0.1, 0.15) is 32.1 Å². The number of nitrogens with one attached hydrogen (secondary N) is 3. The van der Waals surface area contributed by atoms with Crippen LogP contribution in [0.15, 0.2) is 48.5 Å². The number of H-pyrrole nitrogens is 1. The minimum Gasteiger partial charge on any atom is -0.347 e. The van der Waals surface area contributed by atoms with Crippen molar-refractivity contribution in [1.82, 2.24) is 20.5 Å². The molecule has 0 fully saturated rings. The van der Waals surface area contributed by atoms with E-state index in [-0.39, 0.29) is 28.1 Å². The smallest absolute Gasteiger partial charge is 0.272 e. The molecule has 0 saturated heterocycles. The van der Waals surface area contributed by atoms with Gasteiger partial charge >= 0.3 is 0 Å². The van der Waals surface area contributed by atoms with Crippen molar-refractivity contribution in [2.24, 2.45) is 0 Å². The van der Waals surface area contributed by atoms with Crippen LogP contribution >= 0.6 is 11.6 Å². The van der Waals surface area contributed by atoms with E-state index in [1.165, 1.54) is 6.07 Å². The highest BCUT2D eigenvalue weighted by molar-refractivity contribution is 6.33. The lowest BCUT2D eigenvalue weighted by molar-refractivity contribution is 0.0945. The van der Waals surface area contributed by atoms with Gasteiger partial charge in [0.2, 0.25) is 0 Å². The number of halogens is 1. The Balaban J connectivity index is 1.62. The van der Waals surface area contributed by atoms with E-state index in [2.05, 4.69) is 25.8 Å². The van der Waals surface area contributed by atoms with Crippen molar-refractivity contribution in [2.45, 2.75) is 13.5 Å². The van der Waals surface area contributed by atoms with E-state index >= 15 is 0 Å². The first-order valence-corrected chi connectivity index (χ1v) is 8.23. The van der Waals surface area contributed by atoms with Gasteiger partial charge in [-0.25, -0.2) is 4.98 Å². The van der Waals surface area contributed by atoms with Crippen LogP contribution < -0.4 is 10.6 Å². The van der Waals surface area contributed by atoms with Crippen LogP contribution in [-0.4, -0.2) is 27.0 Å². The first kappa shape index (κ1) is 17.6. The number of aromatic nitrogens is 3. The molecule has 2 heterocycles. The monoisotopic (exact) mass is 369 g/mol. The van der Waals surface area contributed by atoms with Gasteiger partial charge in [0.1, 0.15) is 11.0 Å². The molecule has 3 aromatic rings. The number of hydrogen-bond acceptors (Lipinski definition) is 4. The van der Waals surface area contributed by atoms with Crippen LogP contribution in [0.5, 0.6) is 0 Å². The number of aryl methyl sites for hydroxylation is 1. The first-order valence-electron chi connectivity index (χ1n) is 7.85. The Hall–Kier alpha value is -3.19. The predicted molar refractivity (Wildman–Crippen MR) is 98.1 cm³/mol. The van der Waals surface area contributed by atoms with E-state index < -0.39 is 5.91 Å². The second-order valence-electron chi connectivity index (χ2n) is 5.58. The van der Waals surface area contributed by atoms with Crippen molar-refractivity contribution in [1.29, 1.82) is 0 Å². The molecule has 132 valence electrons. The average molecular weight is 370 g/mol. The zero-order valence-corrected chi connectivity index (χ0v) is 14.7. The van der Waals surface area contributed by atoms with Gasteiger partial charge in [-0.2, -0.15) is 5.10 Å². The quantitative estimate of drug-likeness (QED) is 0.602. The van der Waals surface area contributed by atoms with Crippen LogP contribution in [0.2, 0.25) is 5.15 Å². The van der Waals surface area contributed by atoms with Gasteiger partial charge in [-0.3, -0.25) is 14.7 Å². The summed E-state index contributed by atoms with van der Waals surface area (Å²) in [6.07, 6.45) is 0. The maximum Gasteiger partial charge on any atom is 0.272 e. The van der Waals surface area contributed by atoms with Crippen molar-refractivity contribution in [3.8, 4) is 0 Å². The Bertz CT molecular complexity index is 940. The molecule has 1 aromatic carbocycles. The molecule has 0 unspecified atom stereocenters. The first-order chi connectivity index (χ1) is 12.5. The molecule has 8 heteroatoms. The summed E-state index contributed by atoms with van der Waals surface area (Å²) in [5.41, 5.74) is 2.10. The zero-order chi connectivity index (χ0) is 18.5. The highest BCUT2D eigenvalue weighted by Crippen LogP contribution is 2.16. The third kappa shape index (κ3) is 4.25. The minimum atomic E-state index is -0.442. The molecule has 3 N–H and O–H groups in total. The van der Waals surface area contributed by atoms with Crippen LogP contribution in [0.4, 0.5) is 5.82 Å². The molecule has 2 aromatic heterocycles. The lowest BCUT2D eigenvalue weighted by Gasteiger charge is -2.04. The molecule has 0 aliphatic carbocycles. The molecule has 0 radical (unpaired) electrons. The van der Waals surface area contributed by atoms with E-state index in [1.807, 2.05) is 30.3 Å². The van der Waals surface area contributed by atoms with Gasteiger partial charge in [-0.15, -0.1) is 0 Å². The van der Waals surface area contributed by atoms with Crippen molar-refractivity contribution in [3.63, 3.8) is 0 Å². The number of hydrogen-bond donors (Lipinski definition) is 3. The molecule has 0 aliphatic rings. The molecule has 0 bridgehead atoms. The van der Waals surface area contributed by atoms with Gasteiger partial charge in [-0.1, -0.05) is 41.9 Å². The van der Waals surface area contributed by atoms with Gasteiger partial charge < -0.3 is 10.6 Å². The molecule has 2 amide bonds. The Morgan fingerprint density at radius 2 is 1.88 bits per heavy atom. The highest BCUT2D eigenvalue weighted by Gasteiger charge is 2.15. The number of amides is 2. The van der Waals surface area contributed by atoms with Gasteiger partial charge in [-0.05, 0) is 24.6 Å². The molecule has 0 aliphatic heterocycles. The Morgan fingerprint density at radius 3 is 2.62 bits per heavy atom. The fourth-order valence-corrected chi connectivity index (χ4v) is 2.54. The number of benzene rings is 1. The van der Waals surface area contributed by atoms with Crippen molar-refractivity contribution >= 4 is 29.2 Å². The number of aromatic amines is 1. The van der Waals surface area contributed by atoms with Gasteiger partial charge in [0, 0.05) is 18.3 Å². The fraction of sp³-hybridized carbons (Fsp3) is 0.111. The Labute approximate surface area is 154 Å². The summed E-state index contributed by atoms with van der Waals surface area (Å²) in [6, 6.07) is 14.3. The van der Waals surface area contributed by atoms with Gasteiger partial charge in [0.15, 0.2) is 5.69 Å². The maximum atomic E-state index is 12.3. The summed E-state index contributed by atoms with van der Waals surface area (Å²) in [6.45, 7) is 2.17. The van der Waals surface area contributed by atoms with E-state index in [0.29, 0.717) is 12.2 Å². The fourth-order valence-electron chi connectivity index (χ4n) is 2.25. The molecular weight excluding hydrogens is 354 g/mol. The van der Waals surface area contributed by atoms with E-state index in [4.69, 9.17) is 11.6 Å². The molecule has 26 heavy (non-hydrogen) atoms. The largest absolute Gasteiger partial charge is 0.347 e. The highest BCUT2D eigenvalue weighted by atomic mass is 35.5. The number of carbonyl (C=O) groups excluding carboxylic acids is 2. The average Bonchev–Trinajstić information content (AvgIpc) is 3.09. The van der Waals surface area contributed by atoms with E-state index in [9.17, 15) is 9.59 Å². The van der Waals surface area contributed by atoms with Crippen LogP contribution in [0.25, 0.3) is 0 Å². The summed E-state index contributed by atoms with van der Waals surface area (Å²) < 4.78 is 0. The maximum absolute atomic E-state index is 12.3. The Morgan fingerprint density at radius 1 is 1.12 bits per heavy atom. The topological polar surface area (TPSA) is 99.8 Å². The summed E-state index contributed by atoms with van der Waals surface area (Å²) in [5, 5.41) is 12.0. The predicted octanol–water partition coefficient (Wildman–Crippen LogP) is 2.95. The molecule has 3 rings (SSSR count). The minimum absolute atomic E-state index is 0.114. The summed E-state index contributed by atoms with van der Waals surface area (Å²) >= 11 is 5.98. The molecule has 0 saturated carbocycles. The summed E-state index contributed by atoms with van der Waals surface area (Å²) in [5.74, 6) is -0.500. The molecule has 0 spiro atoms. The van der Waals surface area contributed by atoms with Crippen molar-refractivity contribution in [2.75, 3.05) is 5.32 Å². The summed E-state index contributed by atoms with van der Waals surface area (Å²) in [7, 11) is 0.